The summed E-state index contributed by atoms with van der Waals surface area (Å²) in [6, 6.07) is 24.4. The zero-order chi connectivity index (χ0) is 23.5. The Bertz CT molecular complexity index is 1010. The lowest BCUT2D eigenvalue weighted by atomic mass is 10.0. The summed E-state index contributed by atoms with van der Waals surface area (Å²) in [6.07, 6.45) is 1.12. The molecule has 3 aromatic carbocycles. The van der Waals surface area contributed by atoms with Gasteiger partial charge in [-0.3, -0.25) is 9.59 Å². The van der Waals surface area contributed by atoms with Crippen LogP contribution in [-0.2, 0) is 29.0 Å². The van der Waals surface area contributed by atoms with E-state index in [4.69, 9.17) is 0 Å². The summed E-state index contributed by atoms with van der Waals surface area (Å²) in [5.74, 6) is -0.853. The van der Waals surface area contributed by atoms with Gasteiger partial charge >= 0.3 is 0 Å². The van der Waals surface area contributed by atoms with Gasteiger partial charge in [0.1, 0.15) is 11.9 Å². The van der Waals surface area contributed by atoms with Crippen molar-refractivity contribution in [1.82, 2.24) is 10.2 Å². The summed E-state index contributed by atoms with van der Waals surface area (Å²) in [6.45, 7) is 0.0916. The number of nitrogens with zero attached hydrogens (tertiary/aromatic N) is 1. The van der Waals surface area contributed by atoms with Crippen molar-refractivity contribution in [2.45, 2.75) is 31.8 Å². The summed E-state index contributed by atoms with van der Waals surface area (Å²) in [5.41, 5.74) is 2.69. The molecule has 6 heteroatoms. The predicted molar refractivity (Wildman–Crippen MR) is 126 cm³/mol. The second-order valence-electron chi connectivity index (χ2n) is 7.85. The Kier molecular flexibility index (Phi) is 9.15. The number of aliphatic hydroxyl groups excluding tert-OH is 1. The number of carbonyl (C=O) groups is 2. The maximum absolute atomic E-state index is 13.4. The normalized spacial score (nSPS) is 11.6. The molecule has 0 aliphatic carbocycles. The number of rotatable bonds is 11. The number of amides is 2. The molecule has 0 saturated heterocycles. The molecule has 0 aromatic heterocycles. The molecular weight excluding hydrogens is 419 g/mol. The Hall–Kier alpha value is -3.51. The Morgan fingerprint density at radius 2 is 1.45 bits per heavy atom. The molecule has 0 fully saturated rings. The van der Waals surface area contributed by atoms with Gasteiger partial charge in [0.2, 0.25) is 11.8 Å². The highest BCUT2D eigenvalue weighted by molar-refractivity contribution is 5.88. The van der Waals surface area contributed by atoms with Crippen molar-refractivity contribution < 1.29 is 19.1 Å². The van der Waals surface area contributed by atoms with Crippen LogP contribution in [0.3, 0.4) is 0 Å². The molecule has 0 spiro atoms. The largest absolute Gasteiger partial charge is 0.395 e. The van der Waals surface area contributed by atoms with Gasteiger partial charge < -0.3 is 15.3 Å². The van der Waals surface area contributed by atoms with E-state index in [-0.39, 0.29) is 43.7 Å². The van der Waals surface area contributed by atoms with Crippen LogP contribution in [0.5, 0.6) is 0 Å². The van der Waals surface area contributed by atoms with Crippen molar-refractivity contribution in [2.24, 2.45) is 0 Å². The van der Waals surface area contributed by atoms with Crippen molar-refractivity contribution >= 4 is 11.8 Å². The molecule has 1 atom stereocenters. The Labute approximate surface area is 193 Å². The summed E-state index contributed by atoms with van der Waals surface area (Å²) in [5, 5.41) is 11.9. The molecule has 3 aromatic rings. The number of hydrogen-bond donors (Lipinski definition) is 2. The number of nitrogens with one attached hydrogen (secondary N) is 1. The number of halogens is 1. The molecule has 2 N–H and O–H groups in total. The van der Waals surface area contributed by atoms with Crippen molar-refractivity contribution in [2.75, 3.05) is 13.2 Å². The molecule has 2 amide bonds. The van der Waals surface area contributed by atoms with Gasteiger partial charge in [0, 0.05) is 25.9 Å². The van der Waals surface area contributed by atoms with E-state index in [1.807, 2.05) is 60.7 Å². The molecular formula is C27H29FN2O3. The van der Waals surface area contributed by atoms with Gasteiger partial charge in [-0.25, -0.2) is 4.39 Å². The summed E-state index contributed by atoms with van der Waals surface area (Å²) < 4.78 is 13.4. The van der Waals surface area contributed by atoms with Crippen LogP contribution in [0.25, 0.3) is 0 Å². The first-order chi connectivity index (χ1) is 16.1. The van der Waals surface area contributed by atoms with Crippen molar-refractivity contribution in [1.29, 1.82) is 0 Å². The number of aryl methyl sites for hydroxylation is 1. The van der Waals surface area contributed by atoms with Crippen LogP contribution < -0.4 is 5.32 Å². The molecule has 0 bridgehead atoms. The van der Waals surface area contributed by atoms with E-state index in [0.29, 0.717) is 12.8 Å². The fourth-order valence-electron chi connectivity index (χ4n) is 3.68. The van der Waals surface area contributed by atoms with Crippen molar-refractivity contribution in [3.05, 3.63) is 107 Å². The van der Waals surface area contributed by atoms with E-state index in [2.05, 4.69) is 5.32 Å². The maximum atomic E-state index is 13.4. The maximum Gasteiger partial charge on any atom is 0.243 e. The molecule has 0 heterocycles. The van der Waals surface area contributed by atoms with Gasteiger partial charge in [-0.05, 0) is 35.2 Å². The Morgan fingerprint density at radius 1 is 0.848 bits per heavy atom. The molecule has 0 saturated carbocycles. The van der Waals surface area contributed by atoms with Crippen LogP contribution in [-0.4, -0.2) is 41.0 Å². The van der Waals surface area contributed by atoms with Crippen LogP contribution in [0, 0.1) is 5.82 Å². The molecule has 0 unspecified atom stereocenters. The first-order valence-corrected chi connectivity index (χ1v) is 11.1. The summed E-state index contributed by atoms with van der Waals surface area (Å²) >= 11 is 0. The minimum absolute atomic E-state index is 0.104. The van der Waals surface area contributed by atoms with E-state index in [9.17, 15) is 19.1 Å². The molecule has 0 radical (unpaired) electrons. The van der Waals surface area contributed by atoms with Crippen molar-refractivity contribution in [3.63, 3.8) is 0 Å². The summed E-state index contributed by atoms with van der Waals surface area (Å²) in [7, 11) is 0. The number of carbonyl (C=O) groups excluding carboxylic acids is 2. The fourth-order valence-corrected chi connectivity index (χ4v) is 3.68. The number of benzene rings is 3. The minimum Gasteiger partial charge on any atom is -0.395 e. The third kappa shape index (κ3) is 7.54. The molecule has 172 valence electrons. The molecule has 0 aliphatic heterocycles. The van der Waals surface area contributed by atoms with Crippen LogP contribution in [0.15, 0.2) is 84.9 Å². The third-order valence-electron chi connectivity index (χ3n) is 5.42. The lowest BCUT2D eigenvalue weighted by Gasteiger charge is -2.31. The quantitative estimate of drug-likeness (QED) is 0.472. The standard InChI is InChI=1S/C27H29FN2O3/c28-24-14-11-23(12-15-24)20-30(26(32)16-13-21-7-3-1-4-8-21)25(27(33)29-17-18-31)19-22-9-5-2-6-10-22/h1-12,14-15,25,31H,13,16-20H2,(H,29,33)/t25-/m0/s1. The van der Waals surface area contributed by atoms with E-state index < -0.39 is 6.04 Å². The lowest BCUT2D eigenvalue weighted by Crippen LogP contribution is -2.51. The second kappa shape index (κ2) is 12.5. The SMILES string of the molecule is O=C(NCCO)[C@H](Cc1ccccc1)N(Cc1ccc(F)cc1)C(=O)CCc1ccccc1. The highest BCUT2D eigenvalue weighted by atomic mass is 19.1. The van der Waals surface area contributed by atoms with E-state index in [1.54, 1.807) is 17.0 Å². The molecule has 3 rings (SSSR count). The second-order valence-corrected chi connectivity index (χ2v) is 7.85. The third-order valence-corrected chi connectivity index (χ3v) is 5.42. The molecule has 33 heavy (non-hydrogen) atoms. The highest BCUT2D eigenvalue weighted by Crippen LogP contribution is 2.17. The highest BCUT2D eigenvalue weighted by Gasteiger charge is 2.30. The smallest absolute Gasteiger partial charge is 0.243 e. The Morgan fingerprint density at radius 3 is 2.06 bits per heavy atom. The van der Waals surface area contributed by atoms with Crippen molar-refractivity contribution in [3.8, 4) is 0 Å². The Balaban J connectivity index is 1.87. The first kappa shape index (κ1) is 24.1. The van der Waals surface area contributed by atoms with E-state index >= 15 is 0 Å². The van der Waals surface area contributed by atoms with Gasteiger partial charge in [0.25, 0.3) is 0 Å². The van der Waals surface area contributed by atoms with E-state index in [0.717, 1.165) is 16.7 Å². The van der Waals surface area contributed by atoms with Crippen LogP contribution >= 0.6 is 0 Å². The lowest BCUT2D eigenvalue weighted by molar-refractivity contribution is -0.141. The monoisotopic (exact) mass is 448 g/mol. The zero-order valence-corrected chi connectivity index (χ0v) is 18.5. The van der Waals surface area contributed by atoms with Crippen LogP contribution in [0.4, 0.5) is 4.39 Å². The molecule has 0 aliphatic rings. The zero-order valence-electron chi connectivity index (χ0n) is 18.5. The van der Waals surface area contributed by atoms with Crippen LogP contribution in [0.2, 0.25) is 0 Å². The van der Waals surface area contributed by atoms with E-state index in [1.165, 1.54) is 12.1 Å². The van der Waals surface area contributed by atoms with Gasteiger partial charge in [-0.2, -0.15) is 0 Å². The number of aliphatic hydroxyl groups is 1. The average Bonchev–Trinajstić information content (AvgIpc) is 2.85. The van der Waals surface area contributed by atoms with Gasteiger partial charge in [-0.1, -0.05) is 72.8 Å². The predicted octanol–water partition coefficient (Wildman–Crippen LogP) is 3.51. The molecule has 5 nitrogen and oxygen atoms in total. The van der Waals surface area contributed by atoms with Gasteiger partial charge in [0.05, 0.1) is 6.61 Å². The first-order valence-electron chi connectivity index (χ1n) is 11.1. The topological polar surface area (TPSA) is 69.6 Å². The average molecular weight is 449 g/mol. The fraction of sp³-hybridized carbons (Fsp3) is 0.259. The number of hydrogen-bond acceptors (Lipinski definition) is 3. The van der Waals surface area contributed by atoms with Crippen LogP contribution in [0.1, 0.15) is 23.1 Å². The van der Waals surface area contributed by atoms with Gasteiger partial charge in [0.15, 0.2) is 0 Å². The summed E-state index contributed by atoms with van der Waals surface area (Å²) in [4.78, 5) is 28.1. The minimum atomic E-state index is -0.771. The van der Waals surface area contributed by atoms with Gasteiger partial charge in [-0.15, -0.1) is 0 Å².